The van der Waals surface area contributed by atoms with Crippen LogP contribution in [0.4, 0.5) is 0 Å². The van der Waals surface area contributed by atoms with E-state index in [0.717, 1.165) is 25.0 Å². The Bertz CT molecular complexity index is 556. The van der Waals surface area contributed by atoms with Gasteiger partial charge in [0.15, 0.2) is 6.61 Å². The van der Waals surface area contributed by atoms with Crippen molar-refractivity contribution >= 4 is 11.6 Å². The number of rotatable bonds is 4. The van der Waals surface area contributed by atoms with Gasteiger partial charge in [0.1, 0.15) is 5.75 Å². The third-order valence-electron chi connectivity index (χ3n) is 4.30. The van der Waals surface area contributed by atoms with Gasteiger partial charge in [-0.1, -0.05) is 46.2 Å². The molecule has 1 atom stereocenters. The maximum absolute atomic E-state index is 11.8. The zero-order chi connectivity index (χ0) is 16.9. The van der Waals surface area contributed by atoms with Crippen LogP contribution in [0.1, 0.15) is 58.9 Å². The van der Waals surface area contributed by atoms with E-state index in [9.17, 15) is 4.79 Å². The largest absolute Gasteiger partial charge is 0.484 e. The van der Waals surface area contributed by atoms with Crippen LogP contribution in [0.25, 0.3) is 0 Å². The number of amides is 1. The minimum Gasteiger partial charge on any atom is -0.484 e. The number of carbonyl (C=O) groups excluding carboxylic acids is 1. The minimum absolute atomic E-state index is 0.0139. The molecule has 0 radical (unpaired) electrons. The molecular weight excluding hydrogens is 288 g/mol. The van der Waals surface area contributed by atoms with Crippen LogP contribution < -0.4 is 10.2 Å². The van der Waals surface area contributed by atoms with Crippen LogP contribution in [0.5, 0.6) is 5.75 Å². The molecule has 2 rings (SSSR count). The van der Waals surface area contributed by atoms with Gasteiger partial charge in [-0.2, -0.15) is 5.10 Å². The topological polar surface area (TPSA) is 50.7 Å². The molecule has 1 aromatic carbocycles. The molecule has 1 aromatic rings. The smallest absolute Gasteiger partial charge is 0.277 e. The fourth-order valence-electron chi connectivity index (χ4n) is 2.70. The second-order valence-electron chi connectivity index (χ2n) is 7.35. The van der Waals surface area contributed by atoms with Crippen molar-refractivity contribution in [3.05, 3.63) is 29.8 Å². The summed E-state index contributed by atoms with van der Waals surface area (Å²) >= 11 is 0. The average Bonchev–Trinajstić information content (AvgIpc) is 2.51. The van der Waals surface area contributed by atoms with Crippen molar-refractivity contribution in [1.82, 2.24) is 5.43 Å². The van der Waals surface area contributed by atoms with Crippen molar-refractivity contribution in [2.45, 2.75) is 58.8 Å². The molecule has 0 aromatic heterocycles. The first kappa shape index (κ1) is 17.5. The second kappa shape index (κ2) is 7.62. The number of carbonyl (C=O) groups is 1. The molecule has 1 aliphatic carbocycles. The molecule has 1 amide bonds. The molecule has 4 nitrogen and oxygen atoms in total. The van der Waals surface area contributed by atoms with Crippen LogP contribution in [-0.2, 0) is 10.2 Å². The highest BCUT2D eigenvalue weighted by atomic mass is 16.5. The lowest BCUT2D eigenvalue weighted by Crippen LogP contribution is -2.28. The first-order valence-corrected chi connectivity index (χ1v) is 8.45. The third-order valence-corrected chi connectivity index (χ3v) is 4.30. The Morgan fingerprint density at radius 1 is 1.26 bits per heavy atom. The van der Waals surface area contributed by atoms with Crippen molar-refractivity contribution in [3.8, 4) is 5.75 Å². The van der Waals surface area contributed by atoms with Crippen molar-refractivity contribution in [3.63, 3.8) is 0 Å². The molecule has 1 N–H and O–H groups in total. The highest BCUT2D eigenvalue weighted by molar-refractivity contribution is 5.88. The number of hydrogen-bond donors (Lipinski definition) is 1. The van der Waals surface area contributed by atoms with Crippen LogP contribution in [0.2, 0.25) is 0 Å². The summed E-state index contributed by atoms with van der Waals surface area (Å²) in [4.78, 5) is 11.8. The molecule has 0 saturated heterocycles. The number of hydrazone groups is 1. The lowest BCUT2D eigenvalue weighted by Gasteiger charge is -2.20. The molecule has 1 fully saturated rings. The number of benzene rings is 1. The molecule has 0 unspecified atom stereocenters. The Hall–Kier alpha value is -1.84. The van der Waals surface area contributed by atoms with Gasteiger partial charge in [-0.05, 0) is 48.3 Å². The molecule has 1 aliphatic rings. The SMILES string of the molecule is C[C@H]1CCCC/C1=N/NC(=O)COc1ccc(C(C)(C)C)cc1. The molecule has 126 valence electrons. The van der Waals surface area contributed by atoms with Crippen LogP contribution in [0.3, 0.4) is 0 Å². The fraction of sp³-hybridized carbons (Fsp3) is 0.579. The zero-order valence-corrected chi connectivity index (χ0v) is 14.7. The van der Waals surface area contributed by atoms with Crippen molar-refractivity contribution < 1.29 is 9.53 Å². The van der Waals surface area contributed by atoms with Crippen LogP contribution in [0.15, 0.2) is 29.4 Å². The summed E-state index contributed by atoms with van der Waals surface area (Å²) in [5, 5.41) is 4.26. The van der Waals surface area contributed by atoms with Crippen molar-refractivity contribution in [2.24, 2.45) is 11.0 Å². The summed E-state index contributed by atoms with van der Waals surface area (Å²) in [5.74, 6) is 0.955. The molecule has 0 bridgehead atoms. The number of hydrogen-bond acceptors (Lipinski definition) is 3. The Labute approximate surface area is 139 Å². The molecule has 23 heavy (non-hydrogen) atoms. The van der Waals surface area contributed by atoms with E-state index >= 15 is 0 Å². The molecule has 0 aliphatic heterocycles. The van der Waals surface area contributed by atoms with Gasteiger partial charge in [0.2, 0.25) is 0 Å². The van der Waals surface area contributed by atoms with Gasteiger partial charge >= 0.3 is 0 Å². The molecule has 0 heterocycles. The van der Waals surface area contributed by atoms with Gasteiger partial charge in [0.25, 0.3) is 5.91 Å². The van der Waals surface area contributed by atoms with Gasteiger partial charge in [0, 0.05) is 5.71 Å². The number of ether oxygens (including phenoxy) is 1. The molecule has 1 saturated carbocycles. The van der Waals surface area contributed by atoms with E-state index < -0.39 is 0 Å². The summed E-state index contributed by atoms with van der Waals surface area (Å²) in [6.45, 7) is 8.66. The van der Waals surface area contributed by atoms with E-state index in [-0.39, 0.29) is 17.9 Å². The van der Waals surface area contributed by atoms with Gasteiger partial charge in [-0.15, -0.1) is 0 Å². The predicted octanol–water partition coefficient (Wildman–Crippen LogP) is 4.05. The van der Waals surface area contributed by atoms with E-state index in [1.807, 2.05) is 24.3 Å². The van der Waals surface area contributed by atoms with Gasteiger partial charge in [-0.3, -0.25) is 4.79 Å². The Morgan fingerprint density at radius 3 is 2.57 bits per heavy atom. The Balaban J connectivity index is 1.81. The van der Waals surface area contributed by atoms with Crippen LogP contribution >= 0.6 is 0 Å². The monoisotopic (exact) mass is 316 g/mol. The van der Waals surface area contributed by atoms with Crippen LogP contribution in [0, 0.1) is 5.92 Å². The zero-order valence-electron chi connectivity index (χ0n) is 14.7. The Kier molecular flexibility index (Phi) is 5.80. The highest BCUT2D eigenvalue weighted by Gasteiger charge is 2.16. The first-order chi connectivity index (χ1) is 10.9. The van der Waals surface area contributed by atoms with E-state index in [0.29, 0.717) is 11.7 Å². The summed E-state index contributed by atoms with van der Waals surface area (Å²) < 4.78 is 5.52. The van der Waals surface area contributed by atoms with E-state index in [1.165, 1.54) is 12.0 Å². The highest BCUT2D eigenvalue weighted by Crippen LogP contribution is 2.24. The van der Waals surface area contributed by atoms with Crippen molar-refractivity contribution in [1.29, 1.82) is 0 Å². The molecular formula is C19H28N2O2. The van der Waals surface area contributed by atoms with Crippen molar-refractivity contribution in [2.75, 3.05) is 6.61 Å². The van der Waals surface area contributed by atoms with Crippen LogP contribution in [-0.4, -0.2) is 18.2 Å². The molecule has 0 spiro atoms. The quantitative estimate of drug-likeness (QED) is 0.852. The lowest BCUT2D eigenvalue weighted by molar-refractivity contribution is -0.123. The first-order valence-electron chi connectivity index (χ1n) is 8.45. The second-order valence-corrected chi connectivity index (χ2v) is 7.35. The predicted molar refractivity (Wildman–Crippen MR) is 93.8 cm³/mol. The standard InChI is InChI=1S/C19H28N2O2/c1-14-7-5-6-8-17(14)20-21-18(22)13-23-16-11-9-15(10-12-16)19(2,3)4/h9-12,14H,5-8,13H2,1-4H3,(H,21,22)/b20-17-/t14-/m0/s1. The summed E-state index contributed by atoms with van der Waals surface area (Å²) in [6.07, 6.45) is 4.55. The van der Waals surface area contributed by atoms with Gasteiger partial charge in [-0.25, -0.2) is 5.43 Å². The van der Waals surface area contributed by atoms with E-state index in [2.05, 4.69) is 38.2 Å². The average molecular weight is 316 g/mol. The fourth-order valence-corrected chi connectivity index (χ4v) is 2.70. The Morgan fingerprint density at radius 2 is 1.96 bits per heavy atom. The van der Waals surface area contributed by atoms with E-state index in [1.54, 1.807) is 0 Å². The maximum atomic E-state index is 11.8. The normalized spacial score (nSPS) is 20.3. The third kappa shape index (κ3) is 5.38. The lowest BCUT2D eigenvalue weighted by atomic mass is 9.87. The molecule has 4 heteroatoms. The minimum atomic E-state index is -0.213. The van der Waals surface area contributed by atoms with E-state index in [4.69, 9.17) is 4.74 Å². The number of nitrogens with zero attached hydrogens (tertiary/aromatic N) is 1. The maximum Gasteiger partial charge on any atom is 0.277 e. The summed E-state index contributed by atoms with van der Waals surface area (Å²) in [6, 6.07) is 7.89. The summed E-state index contributed by atoms with van der Waals surface area (Å²) in [7, 11) is 0. The number of nitrogens with one attached hydrogen (secondary N) is 1. The van der Waals surface area contributed by atoms with Gasteiger partial charge < -0.3 is 4.74 Å². The summed E-state index contributed by atoms with van der Waals surface area (Å²) in [5.41, 5.74) is 5.07. The van der Waals surface area contributed by atoms with Gasteiger partial charge in [0.05, 0.1) is 0 Å².